The molecular weight excluding hydrogens is 246 g/mol. The van der Waals surface area contributed by atoms with Crippen molar-refractivity contribution in [2.45, 2.75) is 31.8 Å². The maximum atomic E-state index is 11.9. The van der Waals surface area contributed by atoms with E-state index in [1.54, 1.807) is 13.8 Å². The lowest BCUT2D eigenvalue weighted by Gasteiger charge is -2.14. The summed E-state index contributed by atoms with van der Waals surface area (Å²) in [5.41, 5.74) is 0.883. The van der Waals surface area contributed by atoms with E-state index in [0.29, 0.717) is 0 Å². The number of carboxylic acids is 1. The molecule has 1 N–H and O–H groups in total. The molecule has 4 nitrogen and oxygen atoms in total. The fourth-order valence-corrected chi connectivity index (χ4v) is 3.88. The van der Waals surface area contributed by atoms with Gasteiger partial charge in [-0.05, 0) is 12.8 Å². The number of thiazole rings is 1. The van der Waals surface area contributed by atoms with E-state index in [4.69, 9.17) is 5.11 Å². The van der Waals surface area contributed by atoms with Gasteiger partial charge in [-0.1, -0.05) is 13.8 Å². The van der Waals surface area contributed by atoms with Crippen LogP contribution < -0.4 is 0 Å². The molecule has 2 atom stereocenters. The van der Waals surface area contributed by atoms with E-state index in [9.17, 15) is 9.00 Å². The number of hydrogen-bond donors (Lipinski definition) is 1. The normalized spacial score (nSPS) is 15.0. The predicted molar refractivity (Wildman–Crippen MR) is 65.0 cm³/mol. The highest BCUT2D eigenvalue weighted by molar-refractivity contribution is 7.85. The zero-order valence-electron chi connectivity index (χ0n) is 9.47. The van der Waals surface area contributed by atoms with Crippen molar-refractivity contribution in [3.05, 3.63) is 16.1 Å². The van der Waals surface area contributed by atoms with Gasteiger partial charge in [0.25, 0.3) is 0 Å². The van der Waals surface area contributed by atoms with Crippen LogP contribution in [-0.4, -0.2) is 25.5 Å². The Bertz CT molecular complexity index is 401. The van der Waals surface area contributed by atoms with E-state index >= 15 is 0 Å². The molecule has 1 aromatic heterocycles. The van der Waals surface area contributed by atoms with E-state index in [1.165, 1.54) is 11.3 Å². The molecule has 6 heteroatoms. The molecule has 16 heavy (non-hydrogen) atoms. The highest BCUT2D eigenvalue weighted by atomic mass is 32.2. The van der Waals surface area contributed by atoms with Crippen LogP contribution in [0.5, 0.6) is 0 Å². The second kappa shape index (κ2) is 5.54. The molecule has 0 fully saturated rings. The van der Waals surface area contributed by atoms with Crippen LogP contribution in [0.2, 0.25) is 0 Å². The molecule has 1 rings (SSSR count). The van der Waals surface area contributed by atoms with Crippen molar-refractivity contribution in [2.75, 3.05) is 0 Å². The molecule has 0 aliphatic carbocycles. The van der Waals surface area contributed by atoms with Gasteiger partial charge >= 0.3 is 5.97 Å². The maximum absolute atomic E-state index is 11.9. The van der Waals surface area contributed by atoms with Crippen LogP contribution in [-0.2, 0) is 21.3 Å². The van der Waals surface area contributed by atoms with Crippen LogP contribution in [0, 0.1) is 12.8 Å². The molecule has 0 bridgehead atoms. The Morgan fingerprint density at radius 3 is 2.62 bits per heavy atom. The SMILES string of the molecule is Cc1csc(CS(=O)C(C(=O)O)C(C)C)n1. The fourth-order valence-electron chi connectivity index (χ4n) is 1.38. The number of carboxylic acid groups (broad SMARTS) is 1. The van der Waals surface area contributed by atoms with E-state index in [0.717, 1.165) is 10.7 Å². The van der Waals surface area contributed by atoms with Gasteiger partial charge in [-0.2, -0.15) is 0 Å². The number of hydrogen-bond acceptors (Lipinski definition) is 4. The van der Waals surface area contributed by atoms with Crippen molar-refractivity contribution in [3.8, 4) is 0 Å². The summed E-state index contributed by atoms with van der Waals surface area (Å²) in [6.07, 6.45) is 0. The smallest absolute Gasteiger partial charge is 0.319 e. The third-order valence-electron chi connectivity index (χ3n) is 2.06. The van der Waals surface area contributed by atoms with E-state index in [1.807, 2.05) is 12.3 Å². The number of rotatable bonds is 5. The van der Waals surface area contributed by atoms with Crippen molar-refractivity contribution in [1.29, 1.82) is 0 Å². The molecule has 0 spiro atoms. The molecule has 0 aliphatic rings. The minimum Gasteiger partial charge on any atom is -0.480 e. The van der Waals surface area contributed by atoms with Gasteiger partial charge in [0.2, 0.25) is 0 Å². The number of aryl methyl sites for hydroxylation is 1. The monoisotopic (exact) mass is 261 g/mol. The zero-order valence-corrected chi connectivity index (χ0v) is 11.1. The number of aliphatic carboxylic acids is 1. The Hall–Kier alpha value is -0.750. The lowest BCUT2D eigenvalue weighted by molar-refractivity contribution is -0.137. The summed E-state index contributed by atoms with van der Waals surface area (Å²) < 4.78 is 11.9. The average Bonchev–Trinajstić information content (AvgIpc) is 2.49. The van der Waals surface area contributed by atoms with Crippen molar-refractivity contribution < 1.29 is 14.1 Å². The van der Waals surface area contributed by atoms with Crippen LogP contribution in [0.4, 0.5) is 0 Å². The molecule has 0 amide bonds. The quantitative estimate of drug-likeness (QED) is 0.877. The predicted octanol–water partition coefficient (Wildman–Crippen LogP) is 1.81. The second-order valence-electron chi connectivity index (χ2n) is 3.91. The van der Waals surface area contributed by atoms with Gasteiger partial charge in [0, 0.05) is 21.9 Å². The van der Waals surface area contributed by atoms with Gasteiger partial charge in [-0.25, -0.2) is 4.98 Å². The topological polar surface area (TPSA) is 67.3 Å². The van der Waals surface area contributed by atoms with Crippen LogP contribution in [0.3, 0.4) is 0 Å². The molecule has 0 radical (unpaired) electrons. The van der Waals surface area contributed by atoms with Gasteiger partial charge in [0.1, 0.15) is 10.3 Å². The van der Waals surface area contributed by atoms with Crippen LogP contribution in [0.15, 0.2) is 5.38 Å². The molecule has 0 aromatic carbocycles. The Kier molecular flexibility index (Phi) is 4.61. The molecule has 1 heterocycles. The van der Waals surface area contributed by atoms with Gasteiger partial charge in [0.05, 0.1) is 5.75 Å². The van der Waals surface area contributed by atoms with Gasteiger partial charge < -0.3 is 5.11 Å². The Morgan fingerprint density at radius 1 is 1.62 bits per heavy atom. The first kappa shape index (κ1) is 13.3. The molecular formula is C10H15NO3S2. The van der Waals surface area contributed by atoms with Gasteiger partial charge in [0.15, 0.2) is 0 Å². The van der Waals surface area contributed by atoms with E-state index < -0.39 is 22.0 Å². The first-order chi connectivity index (χ1) is 7.41. The molecule has 0 saturated heterocycles. The molecule has 90 valence electrons. The fraction of sp³-hybridized carbons (Fsp3) is 0.600. The Labute approximate surface area is 101 Å². The molecule has 1 aromatic rings. The van der Waals surface area contributed by atoms with Crippen molar-refractivity contribution in [3.63, 3.8) is 0 Å². The summed E-state index contributed by atoms with van der Waals surface area (Å²) in [5, 5.41) is 10.8. The number of carbonyl (C=O) groups is 1. The lowest BCUT2D eigenvalue weighted by Crippen LogP contribution is -2.31. The summed E-state index contributed by atoms with van der Waals surface area (Å²) in [4.78, 5) is 15.2. The van der Waals surface area contributed by atoms with Crippen LogP contribution in [0.1, 0.15) is 24.5 Å². The molecule has 2 unspecified atom stereocenters. The average molecular weight is 261 g/mol. The van der Waals surface area contributed by atoms with E-state index in [-0.39, 0.29) is 11.7 Å². The number of aromatic nitrogens is 1. The van der Waals surface area contributed by atoms with E-state index in [2.05, 4.69) is 4.98 Å². The number of nitrogens with zero attached hydrogens (tertiary/aromatic N) is 1. The van der Waals surface area contributed by atoms with Gasteiger partial charge in [-0.15, -0.1) is 11.3 Å². The van der Waals surface area contributed by atoms with Gasteiger partial charge in [-0.3, -0.25) is 9.00 Å². The first-order valence-corrected chi connectivity index (χ1v) is 7.19. The van der Waals surface area contributed by atoms with Crippen LogP contribution in [0.25, 0.3) is 0 Å². The van der Waals surface area contributed by atoms with Crippen molar-refractivity contribution >= 4 is 28.1 Å². The summed E-state index contributed by atoms with van der Waals surface area (Å²) in [5.74, 6) is -0.908. The lowest BCUT2D eigenvalue weighted by atomic mass is 10.1. The van der Waals surface area contributed by atoms with Crippen molar-refractivity contribution in [1.82, 2.24) is 4.98 Å². The zero-order chi connectivity index (χ0) is 12.3. The minimum atomic E-state index is -1.41. The second-order valence-corrected chi connectivity index (χ2v) is 6.41. The van der Waals surface area contributed by atoms with Crippen LogP contribution >= 0.6 is 11.3 Å². The largest absolute Gasteiger partial charge is 0.480 e. The summed E-state index contributed by atoms with van der Waals surface area (Å²) in [6.45, 7) is 5.40. The third kappa shape index (κ3) is 3.38. The highest BCUT2D eigenvalue weighted by Gasteiger charge is 2.28. The summed E-state index contributed by atoms with van der Waals surface area (Å²) >= 11 is 1.42. The summed E-state index contributed by atoms with van der Waals surface area (Å²) in [6, 6.07) is 0. The highest BCUT2D eigenvalue weighted by Crippen LogP contribution is 2.17. The standard InChI is InChI=1S/C10H15NO3S2/c1-6(2)9(10(12)13)16(14)5-8-11-7(3)4-15-8/h4,6,9H,5H2,1-3H3,(H,12,13). The Morgan fingerprint density at radius 2 is 2.25 bits per heavy atom. The summed E-state index contributed by atoms with van der Waals surface area (Å²) in [7, 11) is -1.41. The molecule has 0 aliphatic heterocycles. The minimum absolute atomic E-state index is 0.139. The Balaban J connectivity index is 2.73. The molecule has 0 saturated carbocycles. The third-order valence-corrected chi connectivity index (χ3v) is 5.08. The maximum Gasteiger partial charge on any atom is 0.319 e. The first-order valence-electron chi connectivity index (χ1n) is 4.92. The van der Waals surface area contributed by atoms with Crippen molar-refractivity contribution in [2.24, 2.45) is 5.92 Å².